The van der Waals surface area contributed by atoms with Gasteiger partial charge < -0.3 is 14.5 Å². The molecule has 1 aliphatic rings. The second kappa shape index (κ2) is 8.32. The minimum atomic E-state index is 0.892. The van der Waals surface area contributed by atoms with Crippen molar-refractivity contribution in [1.82, 2.24) is 9.80 Å². The highest BCUT2D eigenvalue weighted by Crippen LogP contribution is 2.22. The highest BCUT2D eigenvalue weighted by molar-refractivity contribution is 5.34. The Hall–Kier alpha value is -1.84. The van der Waals surface area contributed by atoms with Crippen LogP contribution >= 0.6 is 0 Å². The highest BCUT2D eigenvalue weighted by atomic mass is 16.5. The van der Waals surface area contributed by atoms with Crippen molar-refractivity contribution >= 4 is 0 Å². The molecular formula is C21H28N2O. The number of nitrogens with zero attached hydrogens (tertiary/aromatic N) is 2. The maximum Gasteiger partial charge on any atom is 0.127 e. The summed E-state index contributed by atoms with van der Waals surface area (Å²) in [4.78, 5) is 4.98. The van der Waals surface area contributed by atoms with Crippen molar-refractivity contribution in [3.05, 3.63) is 59.7 Å². The second-order valence-corrected chi connectivity index (χ2v) is 6.81. The molecule has 128 valence electrons. The van der Waals surface area contributed by atoms with E-state index < -0.39 is 0 Å². The number of hydrogen-bond acceptors (Lipinski definition) is 3. The summed E-state index contributed by atoms with van der Waals surface area (Å²) < 4.78 is 5.89. The second-order valence-electron chi connectivity index (χ2n) is 6.81. The predicted molar refractivity (Wildman–Crippen MR) is 100.0 cm³/mol. The van der Waals surface area contributed by atoms with E-state index in [0.717, 1.165) is 17.9 Å². The first kappa shape index (κ1) is 17.0. The molecule has 1 heterocycles. The molecule has 0 atom stereocenters. The van der Waals surface area contributed by atoms with Crippen molar-refractivity contribution in [2.24, 2.45) is 0 Å². The topological polar surface area (TPSA) is 15.7 Å². The molecule has 0 bridgehead atoms. The number of hydrogen-bond donors (Lipinski definition) is 0. The van der Waals surface area contributed by atoms with E-state index in [4.69, 9.17) is 4.74 Å². The molecule has 0 unspecified atom stereocenters. The molecule has 0 N–H and O–H groups in total. The van der Waals surface area contributed by atoms with Crippen LogP contribution in [0.3, 0.4) is 0 Å². The lowest BCUT2D eigenvalue weighted by atomic mass is 10.1. The number of rotatable bonds is 6. The largest absolute Gasteiger partial charge is 0.457 e. The van der Waals surface area contributed by atoms with Gasteiger partial charge in [-0.1, -0.05) is 29.8 Å². The van der Waals surface area contributed by atoms with E-state index in [-0.39, 0.29) is 0 Å². The van der Waals surface area contributed by atoms with Gasteiger partial charge in [0, 0.05) is 26.2 Å². The summed E-state index contributed by atoms with van der Waals surface area (Å²) in [5, 5.41) is 0. The first-order valence-corrected chi connectivity index (χ1v) is 8.93. The zero-order valence-corrected chi connectivity index (χ0v) is 14.9. The van der Waals surface area contributed by atoms with Gasteiger partial charge in [0.15, 0.2) is 0 Å². The molecule has 3 nitrogen and oxygen atoms in total. The predicted octanol–water partition coefficient (Wildman–Crippen LogP) is 3.97. The molecule has 2 aromatic carbocycles. The Balaban J connectivity index is 1.43. The van der Waals surface area contributed by atoms with Crippen molar-refractivity contribution in [1.29, 1.82) is 0 Å². The summed E-state index contributed by atoms with van der Waals surface area (Å²) in [5.74, 6) is 1.80. The van der Waals surface area contributed by atoms with E-state index in [9.17, 15) is 0 Å². The van der Waals surface area contributed by atoms with Crippen molar-refractivity contribution in [2.75, 3.05) is 39.8 Å². The zero-order chi connectivity index (χ0) is 16.8. The maximum atomic E-state index is 5.89. The lowest BCUT2D eigenvalue weighted by Gasteiger charge is -2.32. The summed E-state index contributed by atoms with van der Waals surface area (Å²) >= 11 is 0. The number of aryl methyl sites for hydroxylation is 2. The molecule has 1 saturated heterocycles. The van der Waals surface area contributed by atoms with Crippen molar-refractivity contribution in [2.45, 2.75) is 19.8 Å². The summed E-state index contributed by atoms with van der Waals surface area (Å²) in [6, 6.07) is 16.7. The fourth-order valence-electron chi connectivity index (χ4n) is 3.04. The Morgan fingerprint density at radius 2 is 1.42 bits per heavy atom. The molecule has 3 rings (SSSR count). The van der Waals surface area contributed by atoms with Gasteiger partial charge in [-0.25, -0.2) is 0 Å². The van der Waals surface area contributed by atoms with Crippen LogP contribution in [0.4, 0.5) is 0 Å². The van der Waals surface area contributed by atoms with Gasteiger partial charge in [-0.15, -0.1) is 0 Å². The van der Waals surface area contributed by atoms with Crippen LogP contribution in [0.15, 0.2) is 48.5 Å². The number of likely N-dealkylation sites (N-methyl/N-ethyl adjacent to an activating group) is 1. The lowest BCUT2D eigenvalue weighted by Crippen LogP contribution is -2.44. The molecule has 0 radical (unpaired) electrons. The number of benzene rings is 2. The van der Waals surface area contributed by atoms with E-state index in [0.29, 0.717) is 0 Å². The Bertz CT molecular complexity index is 613. The van der Waals surface area contributed by atoms with Crippen molar-refractivity contribution in [3.63, 3.8) is 0 Å². The van der Waals surface area contributed by atoms with Crippen LogP contribution < -0.4 is 4.74 Å². The van der Waals surface area contributed by atoms with Gasteiger partial charge in [0.2, 0.25) is 0 Å². The molecule has 3 heteroatoms. The van der Waals surface area contributed by atoms with Crippen molar-refractivity contribution in [3.8, 4) is 11.5 Å². The fourth-order valence-corrected chi connectivity index (χ4v) is 3.04. The summed E-state index contributed by atoms with van der Waals surface area (Å²) in [5.41, 5.74) is 2.64. The van der Waals surface area contributed by atoms with Crippen LogP contribution in [0.2, 0.25) is 0 Å². The van der Waals surface area contributed by atoms with Crippen LogP contribution in [0.1, 0.15) is 17.5 Å². The molecule has 0 aromatic heterocycles. The van der Waals surface area contributed by atoms with Crippen LogP contribution in [0, 0.1) is 6.92 Å². The van der Waals surface area contributed by atoms with Gasteiger partial charge in [-0.2, -0.15) is 0 Å². The third-order valence-corrected chi connectivity index (χ3v) is 4.72. The molecular weight excluding hydrogens is 296 g/mol. The van der Waals surface area contributed by atoms with Gasteiger partial charge in [-0.05, 0) is 63.2 Å². The van der Waals surface area contributed by atoms with E-state index in [1.807, 2.05) is 12.1 Å². The third-order valence-electron chi connectivity index (χ3n) is 4.72. The first-order valence-electron chi connectivity index (χ1n) is 8.93. The molecule has 0 aliphatic carbocycles. The first-order chi connectivity index (χ1) is 11.7. The Morgan fingerprint density at radius 1 is 0.833 bits per heavy atom. The molecule has 0 saturated carbocycles. The molecule has 0 spiro atoms. The van der Waals surface area contributed by atoms with Crippen LogP contribution in [0.5, 0.6) is 11.5 Å². The molecule has 24 heavy (non-hydrogen) atoms. The lowest BCUT2D eigenvalue weighted by molar-refractivity contribution is 0.153. The van der Waals surface area contributed by atoms with Crippen molar-refractivity contribution < 1.29 is 4.74 Å². The molecule has 1 aliphatic heterocycles. The summed E-state index contributed by atoms with van der Waals surface area (Å²) in [6.07, 6.45) is 2.36. The monoisotopic (exact) mass is 324 g/mol. The highest BCUT2D eigenvalue weighted by Gasteiger charge is 2.12. The smallest absolute Gasteiger partial charge is 0.127 e. The van der Waals surface area contributed by atoms with Crippen LogP contribution in [-0.4, -0.2) is 49.6 Å². The zero-order valence-electron chi connectivity index (χ0n) is 14.9. The average molecular weight is 324 g/mol. The Kier molecular flexibility index (Phi) is 5.89. The summed E-state index contributed by atoms with van der Waals surface area (Å²) in [6.45, 7) is 8.10. The van der Waals surface area contributed by atoms with E-state index >= 15 is 0 Å². The fraction of sp³-hybridized carbons (Fsp3) is 0.429. The quantitative estimate of drug-likeness (QED) is 0.800. The normalized spacial score (nSPS) is 16.2. The molecule has 0 amide bonds. The van der Waals surface area contributed by atoms with E-state index in [1.165, 1.54) is 50.3 Å². The van der Waals surface area contributed by atoms with Gasteiger partial charge >= 0.3 is 0 Å². The minimum absolute atomic E-state index is 0.892. The SMILES string of the molecule is Cc1ccc(Oc2ccc(CCCN3CCN(C)CC3)cc2)cc1. The minimum Gasteiger partial charge on any atom is -0.457 e. The Morgan fingerprint density at radius 3 is 2.04 bits per heavy atom. The van der Waals surface area contributed by atoms with Gasteiger partial charge in [0.1, 0.15) is 11.5 Å². The maximum absolute atomic E-state index is 5.89. The standard InChI is InChI=1S/C21H28N2O/c1-18-5-9-20(10-6-18)24-21-11-7-19(8-12-21)4-3-13-23-16-14-22(2)15-17-23/h5-12H,3-4,13-17H2,1-2H3. The van der Waals surface area contributed by atoms with Gasteiger partial charge in [0.05, 0.1) is 0 Å². The van der Waals surface area contributed by atoms with Gasteiger partial charge in [0.25, 0.3) is 0 Å². The van der Waals surface area contributed by atoms with Gasteiger partial charge in [-0.3, -0.25) is 0 Å². The van der Waals surface area contributed by atoms with E-state index in [2.05, 4.69) is 60.2 Å². The Labute approximate surface area is 145 Å². The van der Waals surface area contributed by atoms with E-state index in [1.54, 1.807) is 0 Å². The third kappa shape index (κ3) is 5.08. The number of piperazine rings is 1. The summed E-state index contributed by atoms with van der Waals surface area (Å²) in [7, 11) is 2.21. The van der Waals surface area contributed by atoms with Crippen LogP contribution in [0.25, 0.3) is 0 Å². The molecule has 1 fully saturated rings. The average Bonchev–Trinajstić information content (AvgIpc) is 2.60. The van der Waals surface area contributed by atoms with Crippen LogP contribution in [-0.2, 0) is 6.42 Å². The number of ether oxygens (including phenoxy) is 1. The molecule has 2 aromatic rings.